The minimum absolute atomic E-state index is 0.145. The Morgan fingerprint density at radius 2 is 1.58 bits per heavy atom. The zero-order valence-corrected chi connectivity index (χ0v) is 18.0. The summed E-state index contributed by atoms with van der Waals surface area (Å²) in [6, 6.07) is 16.6. The second-order valence-electron chi connectivity index (χ2n) is 7.13. The number of benzene rings is 3. The molecule has 11 heteroatoms. The number of hydrogen-bond acceptors (Lipinski definition) is 5. The van der Waals surface area contributed by atoms with E-state index < -0.39 is 33.5 Å². The van der Waals surface area contributed by atoms with Crippen LogP contribution in [0.2, 0.25) is 0 Å². The zero-order chi connectivity index (χ0) is 24.1. The molecule has 3 rings (SSSR count). The number of alkyl halides is 3. The number of halogens is 4. The van der Waals surface area contributed by atoms with Gasteiger partial charge in [-0.3, -0.25) is 0 Å². The van der Waals surface area contributed by atoms with Gasteiger partial charge in [0.15, 0.2) is 5.75 Å². The third kappa shape index (κ3) is 7.45. The quantitative estimate of drug-likeness (QED) is 0.389. The molecule has 0 radical (unpaired) electrons. The fourth-order valence-electron chi connectivity index (χ4n) is 2.97. The molecule has 3 aromatic rings. The third-order valence-corrected chi connectivity index (χ3v) is 5.35. The van der Waals surface area contributed by atoms with Gasteiger partial charge in [-0.25, -0.2) is 17.9 Å². The number of sulfonamides is 1. The van der Waals surface area contributed by atoms with Gasteiger partial charge in [-0.05, 0) is 47.5 Å². The minimum Gasteiger partial charge on any atom is -0.454 e. The maximum atomic E-state index is 13.3. The van der Waals surface area contributed by atoms with Crippen molar-refractivity contribution in [1.82, 2.24) is 5.32 Å². The monoisotopic (exact) mass is 483 g/mol. The molecule has 0 unspecified atom stereocenters. The van der Waals surface area contributed by atoms with Crippen molar-refractivity contribution >= 4 is 15.7 Å². The second-order valence-corrected chi connectivity index (χ2v) is 8.66. The van der Waals surface area contributed by atoms with Crippen LogP contribution in [-0.2, 0) is 23.1 Å². The van der Waals surface area contributed by atoms with Crippen LogP contribution in [0.4, 0.5) is 23.2 Å². The minimum atomic E-state index is -4.43. The van der Waals surface area contributed by atoms with Crippen LogP contribution in [0.15, 0.2) is 71.6 Å². The highest BCUT2D eigenvalue weighted by Gasteiger charge is 2.27. The van der Waals surface area contributed by atoms with Crippen LogP contribution in [0, 0.1) is 5.82 Å². The highest BCUT2D eigenvalue weighted by Crippen LogP contribution is 2.37. The smallest absolute Gasteiger partial charge is 0.401 e. The Labute approximate surface area is 188 Å². The number of ether oxygens (including phenoxy) is 1. The zero-order valence-electron chi connectivity index (χ0n) is 17.2. The van der Waals surface area contributed by atoms with Crippen molar-refractivity contribution < 1.29 is 30.7 Å². The number of hydrogen-bond donors (Lipinski definition) is 3. The average Bonchev–Trinajstić information content (AvgIpc) is 2.74. The van der Waals surface area contributed by atoms with Crippen molar-refractivity contribution in [3.8, 4) is 11.5 Å². The molecular weight excluding hydrogens is 462 g/mol. The molecule has 0 fully saturated rings. The number of nitrogens with one attached hydrogen (secondary N) is 2. The van der Waals surface area contributed by atoms with E-state index in [1.807, 2.05) is 30.3 Å². The maximum Gasteiger partial charge on any atom is 0.401 e. The SMILES string of the molecule is NS(=O)(=O)c1cc(CNCC(F)(F)F)cc(NCc2ccccc2)c1Oc1ccc(F)cc1. The van der Waals surface area contributed by atoms with E-state index >= 15 is 0 Å². The van der Waals surface area contributed by atoms with Gasteiger partial charge in [0, 0.05) is 13.1 Å². The lowest BCUT2D eigenvalue weighted by molar-refractivity contribution is -0.125. The summed E-state index contributed by atoms with van der Waals surface area (Å²) >= 11 is 0. The highest BCUT2D eigenvalue weighted by atomic mass is 32.2. The largest absolute Gasteiger partial charge is 0.454 e. The summed E-state index contributed by atoms with van der Waals surface area (Å²) in [5, 5.41) is 10.7. The Bertz CT molecular complexity index is 1190. The van der Waals surface area contributed by atoms with Gasteiger partial charge in [-0.15, -0.1) is 0 Å². The first-order valence-electron chi connectivity index (χ1n) is 9.70. The lowest BCUT2D eigenvalue weighted by Gasteiger charge is -2.18. The van der Waals surface area contributed by atoms with E-state index in [1.165, 1.54) is 18.2 Å². The van der Waals surface area contributed by atoms with Gasteiger partial charge in [0.05, 0.1) is 12.2 Å². The van der Waals surface area contributed by atoms with Gasteiger partial charge >= 0.3 is 6.18 Å². The first-order valence-corrected chi connectivity index (χ1v) is 11.2. The van der Waals surface area contributed by atoms with Crippen LogP contribution in [0.25, 0.3) is 0 Å². The van der Waals surface area contributed by atoms with Crippen LogP contribution in [0.1, 0.15) is 11.1 Å². The Kier molecular flexibility index (Phi) is 7.57. The Morgan fingerprint density at radius 3 is 2.18 bits per heavy atom. The number of nitrogens with two attached hydrogens (primary N) is 1. The van der Waals surface area contributed by atoms with E-state index in [4.69, 9.17) is 9.88 Å². The first kappa shape index (κ1) is 24.5. The van der Waals surface area contributed by atoms with Crippen LogP contribution in [0.5, 0.6) is 11.5 Å². The normalized spacial score (nSPS) is 11.9. The van der Waals surface area contributed by atoms with Gasteiger partial charge in [0.1, 0.15) is 16.5 Å². The molecule has 0 atom stereocenters. The van der Waals surface area contributed by atoms with Gasteiger partial charge in [0.2, 0.25) is 10.0 Å². The van der Waals surface area contributed by atoms with Crippen molar-refractivity contribution in [1.29, 1.82) is 0 Å². The molecule has 3 aromatic carbocycles. The average molecular weight is 483 g/mol. The van der Waals surface area contributed by atoms with E-state index in [9.17, 15) is 26.0 Å². The van der Waals surface area contributed by atoms with Crippen LogP contribution < -0.4 is 20.5 Å². The molecule has 176 valence electrons. The van der Waals surface area contributed by atoms with Crippen LogP contribution in [0.3, 0.4) is 0 Å². The van der Waals surface area contributed by atoms with Crippen molar-refractivity contribution in [3.05, 3.63) is 83.7 Å². The summed E-state index contributed by atoms with van der Waals surface area (Å²) < 4.78 is 81.2. The number of primary sulfonamides is 1. The van der Waals surface area contributed by atoms with Gasteiger partial charge in [-0.1, -0.05) is 30.3 Å². The molecule has 0 saturated heterocycles. The van der Waals surface area contributed by atoms with E-state index in [2.05, 4.69) is 10.6 Å². The predicted molar refractivity (Wildman–Crippen MR) is 116 cm³/mol. The fraction of sp³-hybridized carbons (Fsp3) is 0.182. The molecular formula is C22H21F4N3O3S. The molecule has 0 heterocycles. The lowest BCUT2D eigenvalue weighted by atomic mass is 10.1. The van der Waals surface area contributed by atoms with Crippen molar-refractivity contribution in [2.45, 2.75) is 24.2 Å². The molecule has 0 aliphatic heterocycles. The van der Waals surface area contributed by atoms with Crippen molar-refractivity contribution in [2.75, 3.05) is 11.9 Å². The maximum absolute atomic E-state index is 13.3. The molecule has 0 aromatic heterocycles. The number of anilines is 1. The second kappa shape index (κ2) is 10.2. The first-order chi connectivity index (χ1) is 15.5. The molecule has 0 spiro atoms. The molecule has 6 nitrogen and oxygen atoms in total. The molecule has 0 amide bonds. The fourth-order valence-corrected chi connectivity index (χ4v) is 3.70. The standard InChI is InChI=1S/C22H21F4N3O3S/c23-17-6-8-18(9-7-17)32-21-19(29-13-15-4-2-1-3-5-15)10-16(11-20(21)33(27,30)31)12-28-14-22(24,25)26/h1-11,28-29H,12-14H2,(H2,27,30,31). The molecule has 0 saturated carbocycles. The van der Waals surface area contributed by atoms with Crippen molar-refractivity contribution in [3.63, 3.8) is 0 Å². The van der Waals surface area contributed by atoms with Crippen molar-refractivity contribution in [2.24, 2.45) is 5.14 Å². The van der Waals surface area contributed by atoms with Crippen LogP contribution >= 0.6 is 0 Å². The Hall–Kier alpha value is -3.15. The molecule has 4 N–H and O–H groups in total. The summed E-state index contributed by atoms with van der Waals surface area (Å²) in [6.45, 7) is -1.25. The number of rotatable bonds is 9. The molecule has 0 aliphatic rings. The van der Waals surface area contributed by atoms with E-state index in [-0.39, 0.29) is 35.8 Å². The molecule has 33 heavy (non-hydrogen) atoms. The van der Waals surface area contributed by atoms with Gasteiger partial charge < -0.3 is 15.4 Å². The Balaban J connectivity index is 2.01. The molecule has 0 aliphatic carbocycles. The third-order valence-electron chi connectivity index (χ3n) is 4.44. The summed E-state index contributed by atoms with van der Waals surface area (Å²) in [7, 11) is -4.33. The van der Waals surface area contributed by atoms with Gasteiger partial charge in [-0.2, -0.15) is 13.2 Å². The van der Waals surface area contributed by atoms with E-state index in [0.717, 1.165) is 23.8 Å². The Morgan fingerprint density at radius 1 is 0.909 bits per heavy atom. The van der Waals surface area contributed by atoms with E-state index in [1.54, 1.807) is 0 Å². The highest BCUT2D eigenvalue weighted by molar-refractivity contribution is 7.89. The summed E-state index contributed by atoms with van der Waals surface area (Å²) in [6.07, 6.45) is -4.43. The summed E-state index contributed by atoms with van der Waals surface area (Å²) in [5.41, 5.74) is 1.30. The summed E-state index contributed by atoms with van der Waals surface area (Å²) in [5.74, 6) is -0.519. The van der Waals surface area contributed by atoms with Crippen LogP contribution in [-0.4, -0.2) is 21.1 Å². The lowest BCUT2D eigenvalue weighted by Crippen LogP contribution is -2.28. The molecule has 0 bridgehead atoms. The van der Waals surface area contributed by atoms with E-state index in [0.29, 0.717) is 0 Å². The topological polar surface area (TPSA) is 93.5 Å². The predicted octanol–water partition coefficient (Wildman–Crippen LogP) is 4.53. The summed E-state index contributed by atoms with van der Waals surface area (Å²) in [4.78, 5) is -0.423. The van der Waals surface area contributed by atoms with Gasteiger partial charge in [0.25, 0.3) is 0 Å².